The Hall–Kier alpha value is -1.19. The number of rotatable bonds is 3. The average Bonchev–Trinajstić information content (AvgIpc) is 2.64. The van der Waals surface area contributed by atoms with E-state index in [4.69, 9.17) is 5.73 Å². The van der Waals surface area contributed by atoms with Crippen molar-refractivity contribution < 1.29 is 12.8 Å². The fourth-order valence-corrected chi connectivity index (χ4v) is 4.39. The maximum Gasteiger partial charge on any atom is 0.273 e. The SMILES string of the molecule is Cc1nc(N)sc1S(=O)(=O)Nc1c(F)cccc1Br. The minimum atomic E-state index is -3.91. The molecule has 0 amide bonds. The van der Waals surface area contributed by atoms with Crippen molar-refractivity contribution in [3.63, 3.8) is 0 Å². The zero-order chi connectivity index (χ0) is 14.2. The molecule has 1 aromatic carbocycles. The van der Waals surface area contributed by atoms with E-state index in [1.165, 1.54) is 19.1 Å². The quantitative estimate of drug-likeness (QED) is 0.875. The second kappa shape index (κ2) is 5.06. The number of halogens is 2. The molecule has 0 saturated heterocycles. The summed E-state index contributed by atoms with van der Waals surface area (Å²) in [4.78, 5) is 3.84. The van der Waals surface area contributed by atoms with Gasteiger partial charge >= 0.3 is 0 Å². The lowest BCUT2D eigenvalue weighted by Crippen LogP contribution is -2.14. The van der Waals surface area contributed by atoms with Crippen LogP contribution in [0.4, 0.5) is 15.2 Å². The fourth-order valence-electron chi connectivity index (χ4n) is 1.43. The molecule has 0 fully saturated rings. The summed E-state index contributed by atoms with van der Waals surface area (Å²) >= 11 is 3.92. The molecule has 1 aromatic heterocycles. The molecule has 0 atom stereocenters. The highest BCUT2D eigenvalue weighted by Crippen LogP contribution is 2.31. The highest BCUT2D eigenvalue weighted by atomic mass is 79.9. The van der Waals surface area contributed by atoms with Crippen molar-refractivity contribution >= 4 is 48.1 Å². The van der Waals surface area contributed by atoms with E-state index in [1.54, 1.807) is 0 Å². The van der Waals surface area contributed by atoms with Crippen molar-refractivity contribution in [1.82, 2.24) is 4.98 Å². The van der Waals surface area contributed by atoms with E-state index in [9.17, 15) is 12.8 Å². The van der Waals surface area contributed by atoms with Crippen LogP contribution in [0.1, 0.15) is 5.69 Å². The minimum Gasteiger partial charge on any atom is -0.375 e. The predicted octanol–water partition coefficient (Wildman–Crippen LogP) is 2.74. The molecule has 0 unspecified atom stereocenters. The van der Waals surface area contributed by atoms with E-state index in [0.29, 0.717) is 4.47 Å². The molecule has 5 nitrogen and oxygen atoms in total. The summed E-state index contributed by atoms with van der Waals surface area (Å²) in [6, 6.07) is 4.17. The van der Waals surface area contributed by atoms with Gasteiger partial charge in [-0.05, 0) is 35.0 Å². The van der Waals surface area contributed by atoms with E-state index < -0.39 is 15.8 Å². The number of sulfonamides is 1. The number of hydrogen-bond donors (Lipinski definition) is 2. The Labute approximate surface area is 121 Å². The van der Waals surface area contributed by atoms with Crippen molar-refractivity contribution in [3.8, 4) is 0 Å². The molecule has 0 aliphatic heterocycles. The monoisotopic (exact) mass is 365 g/mol. The fraction of sp³-hybridized carbons (Fsp3) is 0.100. The highest BCUT2D eigenvalue weighted by Gasteiger charge is 2.23. The normalized spacial score (nSPS) is 11.5. The van der Waals surface area contributed by atoms with Crippen LogP contribution in [0.15, 0.2) is 26.9 Å². The Kier molecular flexibility index (Phi) is 3.79. The van der Waals surface area contributed by atoms with E-state index in [-0.39, 0.29) is 20.7 Å². The minimum absolute atomic E-state index is 0.0276. The summed E-state index contributed by atoms with van der Waals surface area (Å²) < 4.78 is 40.4. The Balaban J connectivity index is 2.45. The van der Waals surface area contributed by atoms with E-state index in [1.807, 2.05) is 0 Å². The number of hydrogen-bond acceptors (Lipinski definition) is 5. The van der Waals surface area contributed by atoms with Crippen LogP contribution < -0.4 is 10.5 Å². The molecular formula is C10H9BrFN3O2S2. The van der Waals surface area contributed by atoms with Crippen molar-refractivity contribution in [3.05, 3.63) is 34.2 Å². The van der Waals surface area contributed by atoms with Gasteiger partial charge in [0.15, 0.2) is 9.34 Å². The Morgan fingerprint density at radius 1 is 1.47 bits per heavy atom. The first-order valence-corrected chi connectivity index (χ1v) is 8.10. The summed E-state index contributed by atoms with van der Waals surface area (Å²) in [5.41, 5.74) is 5.60. The summed E-state index contributed by atoms with van der Waals surface area (Å²) in [7, 11) is -3.91. The number of nitrogens with one attached hydrogen (secondary N) is 1. The van der Waals surface area contributed by atoms with E-state index in [2.05, 4.69) is 25.6 Å². The second-order valence-corrected chi connectivity index (χ2v) is 7.39. The molecule has 19 heavy (non-hydrogen) atoms. The lowest BCUT2D eigenvalue weighted by atomic mass is 10.3. The maximum absolute atomic E-state index is 13.6. The molecule has 0 spiro atoms. The summed E-state index contributed by atoms with van der Waals surface area (Å²) in [6.07, 6.45) is 0. The number of para-hydroxylation sites is 1. The first-order chi connectivity index (χ1) is 8.81. The molecule has 0 aliphatic rings. The smallest absolute Gasteiger partial charge is 0.273 e. The van der Waals surface area contributed by atoms with Crippen LogP contribution in [-0.2, 0) is 10.0 Å². The van der Waals surface area contributed by atoms with Gasteiger partial charge in [0.05, 0.1) is 11.4 Å². The summed E-state index contributed by atoms with van der Waals surface area (Å²) in [6.45, 7) is 1.53. The van der Waals surface area contributed by atoms with Gasteiger partial charge in [-0.2, -0.15) is 0 Å². The van der Waals surface area contributed by atoms with Gasteiger partial charge in [-0.25, -0.2) is 17.8 Å². The van der Waals surface area contributed by atoms with Crippen LogP contribution in [0.3, 0.4) is 0 Å². The zero-order valence-corrected chi connectivity index (χ0v) is 12.9. The lowest BCUT2D eigenvalue weighted by Gasteiger charge is -2.09. The van der Waals surface area contributed by atoms with E-state index in [0.717, 1.165) is 17.4 Å². The number of anilines is 2. The topological polar surface area (TPSA) is 85.1 Å². The molecule has 0 radical (unpaired) electrons. The first kappa shape index (κ1) is 14.2. The van der Waals surface area contributed by atoms with Gasteiger partial charge < -0.3 is 5.73 Å². The van der Waals surface area contributed by atoms with Crippen LogP contribution in [0.5, 0.6) is 0 Å². The van der Waals surface area contributed by atoms with Gasteiger partial charge in [-0.1, -0.05) is 17.4 Å². The maximum atomic E-state index is 13.6. The van der Waals surface area contributed by atoms with Crippen LogP contribution >= 0.6 is 27.3 Å². The largest absolute Gasteiger partial charge is 0.375 e. The number of nitrogen functional groups attached to an aromatic ring is 1. The lowest BCUT2D eigenvalue weighted by molar-refractivity contribution is 0.599. The van der Waals surface area contributed by atoms with Gasteiger partial charge in [0.1, 0.15) is 5.82 Å². The molecule has 0 saturated carbocycles. The predicted molar refractivity (Wildman–Crippen MR) is 76.2 cm³/mol. The molecular weight excluding hydrogens is 357 g/mol. The molecule has 0 aliphatic carbocycles. The Bertz CT molecular complexity index is 710. The summed E-state index contributed by atoms with van der Waals surface area (Å²) in [5.74, 6) is -0.673. The van der Waals surface area contributed by atoms with Crippen LogP contribution in [0.25, 0.3) is 0 Å². The standard InChI is InChI=1S/C10H9BrFN3O2S2/c1-5-9(18-10(13)14-5)19(16,17)15-8-6(11)3-2-4-7(8)12/h2-4,15H,1H3,(H2,13,14). The number of aryl methyl sites for hydroxylation is 1. The highest BCUT2D eigenvalue weighted by molar-refractivity contribution is 9.10. The molecule has 2 aromatic rings. The third kappa shape index (κ3) is 2.88. The third-order valence-corrected chi connectivity index (χ3v) is 5.82. The molecule has 9 heteroatoms. The van der Waals surface area contributed by atoms with Crippen molar-refractivity contribution in [1.29, 1.82) is 0 Å². The molecule has 3 N–H and O–H groups in total. The number of aromatic nitrogens is 1. The summed E-state index contributed by atoms with van der Waals surface area (Å²) in [5, 5.41) is 0.144. The molecule has 1 heterocycles. The van der Waals surface area contributed by atoms with E-state index >= 15 is 0 Å². The average molecular weight is 366 g/mol. The second-order valence-electron chi connectivity index (χ2n) is 3.63. The Morgan fingerprint density at radius 3 is 2.68 bits per heavy atom. The van der Waals surface area contributed by atoms with Crippen LogP contribution in [-0.4, -0.2) is 13.4 Å². The van der Waals surface area contributed by atoms with Crippen molar-refractivity contribution in [2.75, 3.05) is 10.5 Å². The van der Waals surface area contributed by atoms with Gasteiger partial charge in [0.25, 0.3) is 10.0 Å². The van der Waals surface area contributed by atoms with Gasteiger partial charge in [0, 0.05) is 4.47 Å². The van der Waals surface area contributed by atoms with Gasteiger partial charge in [0.2, 0.25) is 0 Å². The number of nitrogens with zero attached hydrogens (tertiary/aromatic N) is 1. The number of thiazole rings is 1. The number of benzene rings is 1. The van der Waals surface area contributed by atoms with Crippen LogP contribution in [0, 0.1) is 12.7 Å². The Morgan fingerprint density at radius 2 is 2.16 bits per heavy atom. The van der Waals surface area contributed by atoms with Gasteiger partial charge in [-0.15, -0.1) is 0 Å². The number of nitrogens with two attached hydrogens (primary N) is 1. The molecule has 102 valence electrons. The van der Waals surface area contributed by atoms with Crippen molar-refractivity contribution in [2.45, 2.75) is 11.1 Å². The third-order valence-electron chi connectivity index (χ3n) is 2.21. The zero-order valence-electron chi connectivity index (χ0n) is 9.65. The molecule has 2 rings (SSSR count). The first-order valence-electron chi connectivity index (χ1n) is 5.01. The van der Waals surface area contributed by atoms with Crippen LogP contribution in [0.2, 0.25) is 0 Å². The van der Waals surface area contributed by atoms with Crippen molar-refractivity contribution in [2.24, 2.45) is 0 Å². The molecule has 0 bridgehead atoms. The van der Waals surface area contributed by atoms with Gasteiger partial charge in [-0.3, -0.25) is 4.72 Å².